The number of likely N-dealkylation sites (tertiary alicyclic amines) is 1. The Morgan fingerprint density at radius 1 is 0.947 bits per heavy atom. The lowest BCUT2D eigenvalue weighted by atomic mass is 10.1. The van der Waals surface area contributed by atoms with Gasteiger partial charge in [0, 0.05) is 30.6 Å². The molecule has 0 radical (unpaired) electrons. The summed E-state index contributed by atoms with van der Waals surface area (Å²) in [5.41, 5.74) is 3.40. The molecule has 0 atom stereocenters. The van der Waals surface area contributed by atoms with E-state index in [1.807, 2.05) is 18.2 Å². The molecular weight excluding hydrogens is 474 g/mol. The Hall–Kier alpha value is -2.94. The largest absolute Gasteiger partial charge is 0.497 e. The monoisotopic (exact) mass is 517 g/mol. The van der Waals surface area contributed by atoms with Crippen molar-refractivity contribution in [1.29, 1.82) is 0 Å². The van der Waals surface area contributed by atoms with Crippen LogP contribution >= 0.6 is 0 Å². The van der Waals surface area contributed by atoms with Crippen molar-refractivity contribution < 1.29 is 4.74 Å². The van der Waals surface area contributed by atoms with Crippen LogP contribution in [-0.4, -0.2) is 67.3 Å². The normalized spacial score (nSPS) is 17.0. The van der Waals surface area contributed by atoms with Crippen LogP contribution in [-0.2, 0) is 13.1 Å². The second-order valence-corrected chi connectivity index (χ2v) is 10.6. The number of benzene rings is 2. The number of hydrogen-bond donors (Lipinski definition) is 4. The number of ether oxygens (including phenoxy) is 1. The highest BCUT2D eigenvalue weighted by Gasteiger charge is 2.16. The van der Waals surface area contributed by atoms with Gasteiger partial charge >= 0.3 is 0 Å². The number of nitrogens with zero attached hydrogens (tertiary/aromatic N) is 3. The molecule has 0 unspecified atom stereocenters. The van der Waals surface area contributed by atoms with E-state index in [1.54, 1.807) is 7.11 Å². The third-order valence-electron chi connectivity index (χ3n) is 7.66. The molecule has 8 nitrogen and oxygen atoms in total. The number of fused-ring (bicyclic) bond motifs is 1. The minimum atomic E-state index is 0.412. The molecule has 204 valence electrons. The summed E-state index contributed by atoms with van der Waals surface area (Å²) in [6, 6.07) is 15.2. The van der Waals surface area contributed by atoms with Crippen LogP contribution in [0.1, 0.15) is 49.7 Å². The van der Waals surface area contributed by atoms with Gasteiger partial charge in [0.2, 0.25) is 5.95 Å². The molecule has 3 heterocycles. The fraction of sp³-hybridized carbons (Fsp3) is 0.533. The Kier molecular flexibility index (Phi) is 9.64. The molecule has 0 bridgehead atoms. The third-order valence-corrected chi connectivity index (χ3v) is 7.66. The van der Waals surface area contributed by atoms with Crippen LogP contribution < -0.4 is 26.0 Å². The Morgan fingerprint density at radius 2 is 1.71 bits per heavy atom. The van der Waals surface area contributed by atoms with Crippen molar-refractivity contribution in [3.05, 3.63) is 53.6 Å². The first-order valence-electron chi connectivity index (χ1n) is 14.3. The average Bonchev–Trinajstić information content (AvgIpc) is 2.97. The van der Waals surface area contributed by atoms with Gasteiger partial charge in [0.1, 0.15) is 11.6 Å². The Balaban J connectivity index is 1.15. The van der Waals surface area contributed by atoms with Crippen LogP contribution in [0.3, 0.4) is 0 Å². The first-order valence-corrected chi connectivity index (χ1v) is 14.3. The van der Waals surface area contributed by atoms with Crippen molar-refractivity contribution in [3.63, 3.8) is 0 Å². The van der Waals surface area contributed by atoms with Gasteiger partial charge < -0.3 is 30.9 Å². The Bertz CT molecular complexity index is 1140. The second kappa shape index (κ2) is 13.7. The van der Waals surface area contributed by atoms with Gasteiger partial charge in [0.05, 0.1) is 12.6 Å². The molecule has 0 aliphatic carbocycles. The van der Waals surface area contributed by atoms with Crippen molar-refractivity contribution in [2.24, 2.45) is 0 Å². The van der Waals surface area contributed by atoms with E-state index in [2.05, 4.69) is 50.4 Å². The second-order valence-electron chi connectivity index (χ2n) is 10.6. The summed E-state index contributed by atoms with van der Waals surface area (Å²) in [7, 11) is 1.69. The van der Waals surface area contributed by atoms with E-state index in [1.165, 1.54) is 56.4 Å². The predicted molar refractivity (Wildman–Crippen MR) is 156 cm³/mol. The first kappa shape index (κ1) is 26.7. The lowest BCUT2D eigenvalue weighted by Crippen LogP contribution is -2.35. The molecule has 2 aromatic carbocycles. The van der Waals surface area contributed by atoms with Gasteiger partial charge in [-0.25, -0.2) is 4.98 Å². The molecule has 8 heteroatoms. The summed E-state index contributed by atoms with van der Waals surface area (Å²) >= 11 is 0. The molecule has 38 heavy (non-hydrogen) atoms. The van der Waals surface area contributed by atoms with Gasteiger partial charge in [-0.3, -0.25) is 0 Å². The smallest absolute Gasteiger partial charge is 0.225 e. The number of aromatic nitrogens is 2. The summed E-state index contributed by atoms with van der Waals surface area (Å²) in [4.78, 5) is 12.3. The highest BCUT2D eigenvalue weighted by atomic mass is 16.5. The summed E-state index contributed by atoms with van der Waals surface area (Å²) in [6.45, 7) is 8.50. The summed E-state index contributed by atoms with van der Waals surface area (Å²) in [5, 5.41) is 15.2. The molecule has 5 rings (SSSR count). The SMILES string of the molecule is COc1ccc2c(NC3CCNCC3)nc(NCc3ccc(CNCCCN4CCCCC4)cc3)nc2c1. The standard InChI is InChI=1S/C30H43N7O/c1-38-26-10-11-27-28(20-26)35-30(36-29(27)34-25-12-15-31-16-13-25)33-22-24-8-6-23(7-9-24)21-32-14-5-19-37-17-3-2-4-18-37/h6-11,20,25,31-32H,2-5,12-19,21-22H2,1H3,(H2,33,34,35,36). The molecule has 1 aromatic heterocycles. The van der Waals surface area contributed by atoms with Crippen molar-refractivity contribution in [3.8, 4) is 5.75 Å². The van der Waals surface area contributed by atoms with Crippen molar-refractivity contribution in [1.82, 2.24) is 25.5 Å². The fourth-order valence-electron chi connectivity index (χ4n) is 5.38. The average molecular weight is 518 g/mol. The maximum Gasteiger partial charge on any atom is 0.225 e. The molecule has 0 amide bonds. The number of hydrogen-bond acceptors (Lipinski definition) is 8. The van der Waals surface area contributed by atoms with Crippen molar-refractivity contribution >= 4 is 22.7 Å². The predicted octanol–water partition coefficient (Wildman–Crippen LogP) is 4.38. The van der Waals surface area contributed by atoms with Crippen LogP contribution in [0.25, 0.3) is 10.9 Å². The number of nitrogens with one attached hydrogen (secondary N) is 4. The zero-order valence-electron chi connectivity index (χ0n) is 22.8. The summed E-state index contributed by atoms with van der Waals surface area (Å²) in [5.74, 6) is 2.31. The number of methoxy groups -OCH3 is 1. The minimum Gasteiger partial charge on any atom is -0.497 e. The highest BCUT2D eigenvalue weighted by Crippen LogP contribution is 2.27. The molecule has 3 aromatic rings. The zero-order chi connectivity index (χ0) is 26.0. The molecule has 0 spiro atoms. The van der Waals surface area contributed by atoms with E-state index in [9.17, 15) is 0 Å². The summed E-state index contributed by atoms with van der Waals surface area (Å²) in [6.07, 6.45) is 7.53. The quantitative estimate of drug-likeness (QED) is 0.264. The third kappa shape index (κ3) is 7.56. The lowest BCUT2D eigenvalue weighted by molar-refractivity contribution is 0.225. The first-order chi connectivity index (χ1) is 18.8. The maximum absolute atomic E-state index is 5.44. The minimum absolute atomic E-state index is 0.412. The van der Waals surface area contributed by atoms with Crippen LogP contribution in [0.2, 0.25) is 0 Å². The van der Waals surface area contributed by atoms with Crippen LogP contribution in [0.4, 0.5) is 11.8 Å². The van der Waals surface area contributed by atoms with Gasteiger partial charge in [-0.1, -0.05) is 30.7 Å². The van der Waals surface area contributed by atoms with E-state index in [0.717, 1.165) is 61.5 Å². The lowest BCUT2D eigenvalue weighted by Gasteiger charge is -2.26. The number of piperidine rings is 2. The Labute approximate surface area is 227 Å². The van der Waals surface area contributed by atoms with Gasteiger partial charge in [-0.15, -0.1) is 0 Å². The van der Waals surface area contributed by atoms with Crippen molar-refractivity contribution in [2.45, 2.75) is 57.7 Å². The van der Waals surface area contributed by atoms with Crippen LogP contribution in [0.5, 0.6) is 5.75 Å². The summed E-state index contributed by atoms with van der Waals surface area (Å²) < 4.78 is 5.44. The molecule has 4 N–H and O–H groups in total. The van der Waals surface area contributed by atoms with E-state index in [-0.39, 0.29) is 0 Å². The number of anilines is 2. The maximum atomic E-state index is 5.44. The topological polar surface area (TPSA) is 86.4 Å². The number of rotatable bonds is 12. The van der Waals surface area contributed by atoms with Crippen LogP contribution in [0.15, 0.2) is 42.5 Å². The van der Waals surface area contributed by atoms with Gasteiger partial charge in [-0.2, -0.15) is 4.98 Å². The molecule has 2 fully saturated rings. The van der Waals surface area contributed by atoms with Gasteiger partial charge in [0.15, 0.2) is 0 Å². The van der Waals surface area contributed by atoms with Gasteiger partial charge in [-0.05, 0) is 94.6 Å². The fourth-order valence-corrected chi connectivity index (χ4v) is 5.38. The van der Waals surface area contributed by atoms with E-state index in [4.69, 9.17) is 14.7 Å². The molecule has 2 saturated heterocycles. The van der Waals surface area contributed by atoms with E-state index < -0.39 is 0 Å². The Morgan fingerprint density at radius 3 is 2.47 bits per heavy atom. The molecule has 2 aliphatic heterocycles. The van der Waals surface area contributed by atoms with Crippen molar-refractivity contribution in [2.75, 3.05) is 57.0 Å². The van der Waals surface area contributed by atoms with Gasteiger partial charge in [0.25, 0.3) is 0 Å². The van der Waals surface area contributed by atoms with E-state index in [0.29, 0.717) is 18.5 Å². The molecule has 2 aliphatic rings. The van der Waals surface area contributed by atoms with Crippen LogP contribution in [0, 0.1) is 0 Å². The highest BCUT2D eigenvalue weighted by molar-refractivity contribution is 5.91. The molecule has 0 saturated carbocycles. The zero-order valence-corrected chi connectivity index (χ0v) is 22.8. The molecular formula is C30H43N7O. The van der Waals surface area contributed by atoms with E-state index >= 15 is 0 Å².